The van der Waals surface area contributed by atoms with Crippen LogP contribution in [0.1, 0.15) is 42.5 Å². The Morgan fingerprint density at radius 2 is 2.13 bits per heavy atom. The first-order valence-electron chi connectivity index (χ1n) is 9.44. The molecule has 4 aromatic rings. The first-order valence-corrected chi connectivity index (χ1v) is 11.3. The van der Waals surface area contributed by atoms with Crippen LogP contribution in [0.25, 0.3) is 10.2 Å². The number of aryl methyl sites for hydroxylation is 1. The topological polar surface area (TPSA) is 112 Å². The van der Waals surface area contributed by atoms with Crippen molar-refractivity contribution in [2.75, 3.05) is 5.84 Å². The van der Waals surface area contributed by atoms with Gasteiger partial charge >= 0.3 is 0 Å². The number of nitrogens with zero attached hydrogens (tertiary/aromatic N) is 4. The number of benzene rings is 1. The van der Waals surface area contributed by atoms with E-state index in [1.807, 2.05) is 24.4 Å². The number of aromatic amines is 1. The molecule has 3 heterocycles. The average Bonchev–Trinajstić information content (AvgIpc) is 3.31. The summed E-state index contributed by atoms with van der Waals surface area (Å²) >= 11 is 2.73. The Labute approximate surface area is 181 Å². The molecule has 0 saturated heterocycles. The van der Waals surface area contributed by atoms with Crippen molar-refractivity contribution >= 4 is 33.3 Å². The molecule has 0 atom stereocenters. The minimum Gasteiger partial charge on any atom is -0.485 e. The molecule has 3 N–H and O–H groups in total. The maximum atomic E-state index is 12.1. The van der Waals surface area contributed by atoms with Crippen molar-refractivity contribution in [3.63, 3.8) is 0 Å². The number of hydrogen-bond acceptors (Lipinski definition) is 8. The number of H-pyrrole nitrogens is 1. The predicted molar refractivity (Wildman–Crippen MR) is 120 cm³/mol. The molecule has 0 bridgehead atoms. The number of thiophene rings is 1. The predicted octanol–water partition coefficient (Wildman–Crippen LogP) is 3.59. The lowest BCUT2D eigenvalue weighted by atomic mass is 10.0. The second-order valence-electron chi connectivity index (χ2n) is 7.19. The Morgan fingerprint density at radius 3 is 2.93 bits per heavy atom. The van der Waals surface area contributed by atoms with Crippen LogP contribution in [0.5, 0.6) is 5.75 Å². The number of hydrogen-bond donors (Lipinski definition) is 2. The van der Waals surface area contributed by atoms with Crippen LogP contribution >= 0.6 is 23.1 Å². The summed E-state index contributed by atoms with van der Waals surface area (Å²) < 4.78 is 8.05. The smallest absolute Gasteiger partial charge is 0.268 e. The summed E-state index contributed by atoms with van der Waals surface area (Å²) in [5.74, 6) is 8.84. The Kier molecular flexibility index (Phi) is 5.78. The molecule has 1 aromatic carbocycles. The van der Waals surface area contributed by atoms with Gasteiger partial charge in [0.15, 0.2) is 5.82 Å². The number of rotatable bonds is 7. The van der Waals surface area contributed by atoms with Gasteiger partial charge in [0.25, 0.3) is 5.56 Å². The van der Waals surface area contributed by atoms with Gasteiger partial charge in [-0.3, -0.25) is 4.79 Å². The lowest BCUT2D eigenvalue weighted by Gasteiger charge is -2.14. The summed E-state index contributed by atoms with van der Waals surface area (Å²) in [6, 6.07) is 8.02. The summed E-state index contributed by atoms with van der Waals surface area (Å²) in [4.78, 5) is 19.4. The van der Waals surface area contributed by atoms with E-state index in [0.717, 1.165) is 16.9 Å². The van der Waals surface area contributed by atoms with E-state index in [-0.39, 0.29) is 12.2 Å². The van der Waals surface area contributed by atoms with E-state index in [9.17, 15) is 4.79 Å². The minimum absolute atomic E-state index is 0.131. The second-order valence-corrected chi connectivity index (χ2v) is 9.05. The highest BCUT2D eigenvalue weighted by Crippen LogP contribution is 2.28. The number of aromatic nitrogens is 5. The van der Waals surface area contributed by atoms with E-state index in [0.29, 0.717) is 38.7 Å². The number of nitrogens with one attached hydrogen (secondary N) is 1. The van der Waals surface area contributed by atoms with Gasteiger partial charge in [0, 0.05) is 0 Å². The van der Waals surface area contributed by atoms with Crippen molar-refractivity contribution in [1.29, 1.82) is 0 Å². The van der Waals surface area contributed by atoms with Gasteiger partial charge in [-0.25, -0.2) is 9.66 Å². The van der Waals surface area contributed by atoms with Gasteiger partial charge in [-0.1, -0.05) is 37.7 Å². The SMILES string of the molecule is Cc1ccc(C(C)C)c(OCc2nnc(SCc3nc4ccsc4c(=O)[nH]3)n2N)c1. The molecule has 30 heavy (non-hydrogen) atoms. The number of nitrogens with two attached hydrogens (primary N) is 1. The zero-order valence-corrected chi connectivity index (χ0v) is 18.5. The van der Waals surface area contributed by atoms with Crippen LogP contribution in [0.15, 0.2) is 39.6 Å². The summed E-state index contributed by atoms with van der Waals surface area (Å²) in [5.41, 5.74) is 2.83. The van der Waals surface area contributed by atoms with Gasteiger partial charge in [-0.05, 0) is 41.5 Å². The monoisotopic (exact) mass is 442 g/mol. The van der Waals surface area contributed by atoms with Gasteiger partial charge in [-0.15, -0.1) is 21.5 Å². The molecular formula is C20H22N6O2S2. The Hall–Kier alpha value is -2.85. The zero-order chi connectivity index (χ0) is 21.3. The molecule has 156 valence electrons. The van der Waals surface area contributed by atoms with E-state index in [2.05, 4.69) is 46.1 Å². The molecule has 10 heteroatoms. The summed E-state index contributed by atoms with van der Waals surface area (Å²) in [7, 11) is 0. The van der Waals surface area contributed by atoms with Crippen LogP contribution in [0, 0.1) is 6.92 Å². The van der Waals surface area contributed by atoms with Crippen molar-refractivity contribution < 1.29 is 4.74 Å². The van der Waals surface area contributed by atoms with Crippen molar-refractivity contribution in [3.05, 3.63) is 62.8 Å². The summed E-state index contributed by atoms with van der Waals surface area (Å²) in [6.45, 7) is 6.50. The highest BCUT2D eigenvalue weighted by atomic mass is 32.2. The molecule has 0 aliphatic rings. The van der Waals surface area contributed by atoms with Gasteiger partial charge in [-0.2, -0.15) is 0 Å². The lowest BCUT2D eigenvalue weighted by Crippen LogP contribution is -2.16. The van der Waals surface area contributed by atoms with E-state index in [4.69, 9.17) is 10.6 Å². The Morgan fingerprint density at radius 1 is 1.30 bits per heavy atom. The quantitative estimate of drug-likeness (QED) is 0.332. The highest BCUT2D eigenvalue weighted by Gasteiger charge is 2.14. The normalized spacial score (nSPS) is 11.5. The third kappa shape index (κ3) is 4.19. The largest absolute Gasteiger partial charge is 0.485 e. The third-order valence-corrected chi connectivity index (χ3v) is 6.44. The van der Waals surface area contributed by atoms with E-state index in [1.54, 1.807) is 0 Å². The molecule has 0 unspecified atom stereocenters. The van der Waals surface area contributed by atoms with Crippen LogP contribution in [0.4, 0.5) is 0 Å². The summed E-state index contributed by atoms with van der Waals surface area (Å²) in [5, 5.41) is 10.7. The van der Waals surface area contributed by atoms with Crippen LogP contribution in [-0.2, 0) is 12.4 Å². The van der Waals surface area contributed by atoms with Crippen LogP contribution in [-0.4, -0.2) is 24.8 Å². The van der Waals surface area contributed by atoms with Crippen LogP contribution in [0.3, 0.4) is 0 Å². The first-order chi connectivity index (χ1) is 14.4. The van der Waals surface area contributed by atoms with E-state index >= 15 is 0 Å². The van der Waals surface area contributed by atoms with E-state index < -0.39 is 0 Å². The van der Waals surface area contributed by atoms with Gasteiger partial charge in [0.2, 0.25) is 5.16 Å². The number of nitrogen functional groups attached to an aromatic ring is 1. The Bertz CT molecular complexity index is 1240. The molecular weight excluding hydrogens is 420 g/mol. The fourth-order valence-electron chi connectivity index (χ4n) is 3.01. The first kappa shape index (κ1) is 20.4. The number of ether oxygens (including phenoxy) is 1. The highest BCUT2D eigenvalue weighted by molar-refractivity contribution is 7.98. The van der Waals surface area contributed by atoms with Crippen molar-refractivity contribution in [2.45, 2.75) is 44.2 Å². The zero-order valence-electron chi connectivity index (χ0n) is 16.9. The lowest BCUT2D eigenvalue weighted by molar-refractivity contribution is 0.287. The molecule has 4 rings (SSSR count). The minimum atomic E-state index is -0.131. The average molecular weight is 443 g/mol. The number of thioether (sulfide) groups is 1. The fraction of sp³-hybridized carbons (Fsp3) is 0.300. The maximum absolute atomic E-state index is 12.1. The fourth-order valence-corrected chi connectivity index (χ4v) is 4.48. The maximum Gasteiger partial charge on any atom is 0.268 e. The molecule has 0 spiro atoms. The van der Waals surface area contributed by atoms with Crippen molar-refractivity contribution in [1.82, 2.24) is 24.8 Å². The molecule has 0 amide bonds. The molecule has 0 saturated carbocycles. The molecule has 3 aromatic heterocycles. The van der Waals surface area contributed by atoms with Crippen molar-refractivity contribution in [3.8, 4) is 5.75 Å². The number of fused-ring (bicyclic) bond motifs is 1. The van der Waals surface area contributed by atoms with Gasteiger partial charge in [0.05, 0.1) is 11.3 Å². The third-order valence-electron chi connectivity index (χ3n) is 4.58. The molecule has 0 aliphatic heterocycles. The van der Waals surface area contributed by atoms with Crippen LogP contribution < -0.4 is 16.1 Å². The van der Waals surface area contributed by atoms with Crippen LogP contribution in [0.2, 0.25) is 0 Å². The van der Waals surface area contributed by atoms with Gasteiger partial charge < -0.3 is 15.6 Å². The van der Waals surface area contributed by atoms with E-state index in [1.165, 1.54) is 27.8 Å². The standard InChI is InChI=1S/C20H22N6O2S2/c1-11(2)13-5-4-12(3)8-15(13)28-9-17-24-25-20(26(17)21)30-10-16-22-14-6-7-29-18(14)19(27)23-16/h4-8,11H,9-10,21H2,1-3H3,(H,22,23,27). The Balaban J connectivity index is 1.45. The van der Waals surface area contributed by atoms with Crippen molar-refractivity contribution in [2.24, 2.45) is 0 Å². The molecule has 0 fully saturated rings. The second kappa shape index (κ2) is 8.49. The molecule has 8 nitrogen and oxygen atoms in total. The van der Waals surface area contributed by atoms with Gasteiger partial charge in [0.1, 0.15) is 22.9 Å². The summed E-state index contributed by atoms with van der Waals surface area (Å²) in [6.07, 6.45) is 0. The molecule has 0 radical (unpaired) electrons. The molecule has 0 aliphatic carbocycles.